The molecule has 0 aliphatic carbocycles. The second kappa shape index (κ2) is 5.61. The fourth-order valence-electron chi connectivity index (χ4n) is 2.28. The lowest BCUT2D eigenvalue weighted by atomic mass is 10.0. The minimum Gasteiger partial charge on any atom is -0.375 e. The third-order valence-corrected chi connectivity index (χ3v) is 3.28. The van der Waals surface area contributed by atoms with Gasteiger partial charge in [0, 0.05) is 12.6 Å². The van der Waals surface area contributed by atoms with E-state index in [9.17, 15) is 4.79 Å². The maximum atomic E-state index is 12.0. The van der Waals surface area contributed by atoms with Crippen LogP contribution in [0.4, 0.5) is 0 Å². The Morgan fingerprint density at radius 2 is 2.06 bits per heavy atom. The van der Waals surface area contributed by atoms with Gasteiger partial charge in [-0.2, -0.15) is 0 Å². The monoisotopic (exact) mass is 227 g/mol. The Hall–Kier alpha value is -0.650. The molecule has 0 aromatic heterocycles. The van der Waals surface area contributed by atoms with Gasteiger partial charge < -0.3 is 20.7 Å². The molecule has 2 aliphatic rings. The Morgan fingerprint density at radius 1 is 1.31 bits per heavy atom. The molecule has 2 aliphatic heterocycles. The molecule has 3 N–H and O–H groups in total. The molecule has 2 saturated heterocycles. The first-order valence-corrected chi connectivity index (χ1v) is 6.13. The molecule has 2 rings (SSSR count). The van der Waals surface area contributed by atoms with Gasteiger partial charge in [0.15, 0.2) is 0 Å². The molecule has 0 aromatic carbocycles. The molecule has 1 amide bonds. The third-order valence-electron chi connectivity index (χ3n) is 3.28. The molecule has 5 heteroatoms. The number of hydrogen-bond acceptors (Lipinski definition) is 4. The number of hydrogen-bond donors (Lipinski definition) is 3. The van der Waals surface area contributed by atoms with Crippen LogP contribution in [0.25, 0.3) is 0 Å². The molecular weight excluding hydrogens is 206 g/mol. The summed E-state index contributed by atoms with van der Waals surface area (Å²) in [5.41, 5.74) is 0. The fraction of sp³-hybridized carbons (Fsp3) is 0.909. The van der Waals surface area contributed by atoms with E-state index in [0.717, 1.165) is 32.5 Å². The zero-order chi connectivity index (χ0) is 11.4. The van der Waals surface area contributed by atoms with E-state index in [1.807, 2.05) is 6.92 Å². The van der Waals surface area contributed by atoms with E-state index in [0.29, 0.717) is 12.6 Å². The van der Waals surface area contributed by atoms with Gasteiger partial charge >= 0.3 is 0 Å². The van der Waals surface area contributed by atoms with Crippen LogP contribution in [0.15, 0.2) is 0 Å². The van der Waals surface area contributed by atoms with Crippen molar-refractivity contribution in [3.05, 3.63) is 0 Å². The lowest BCUT2D eigenvalue weighted by Gasteiger charge is -2.32. The Labute approximate surface area is 96.3 Å². The maximum Gasteiger partial charge on any atom is 0.240 e. The van der Waals surface area contributed by atoms with Crippen molar-refractivity contribution in [2.75, 3.05) is 26.2 Å². The topological polar surface area (TPSA) is 62.4 Å². The third kappa shape index (κ3) is 2.93. The van der Waals surface area contributed by atoms with E-state index in [2.05, 4.69) is 16.0 Å². The van der Waals surface area contributed by atoms with Gasteiger partial charge in [-0.05, 0) is 32.9 Å². The van der Waals surface area contributed by atoms with Gasteiger partial charge in [0.25, 0.3) is 0 Å². The lowest BCUT2D eigenvalue weighted by molar-refractivity contribution is -0.129. The molecule has 2 heterocycles. The molecule has 2 atom stereocenters. The maximum absolute atomic E-state index is 12.0. The SMILES string of the molecule is C[C@H]1OCCN[C@@H]1C(=O)NC1CCNCC1. The van der Waals surface area contributed by atoms with Crippen molar-refractivity contribution in [1.29, 1.82) is 0 Å². The first kappa shape index (κ1) is 11.8. The van der Waals surface area contributed by atoms with Crippen LogP contribution >= 0.6 is 0 Å². The summed E-state index contributed by atoms with van der Waals surface area (Å²) in [5.74, 6) is 0.0825. The minimum absolute atomic E-state index is 0.0320. The Morgan fingerprint density at radius 3 is 2.75 bits per heavy atom. The fourth-order valence-corrected chi connectivity index (χ4v) is 2.28. The summed E-state index contributed by atoms with van der Waals surface area (Å²) in [7, 11) is 0. The van der Waals surface area contributed by atoms with Crippen LogP contribution in [-0.2, 0) is 9.53 Å². The molecule has 0 radical (unpaired) electrons. The highest BCUT2D eigenvalue weighted by atomic mass is 16.5. The zero-order valence-corrected chi connectivity index (χ0v) is 9.79. The second-order valence-corrected chi connectivity index (χ2v) is 4.54. The number of morpholine rings is 1. The van der Waals surface area contributed by atoms with Crippen molar-refractivity contribution in [1.82, 2.24) is 16.0 Å². The molecule has 16 heavy (non-hydrogen) atoms. The molecule has 0 bridgehead atoms. The molecule has 92 valence electrons. The van der Waals surface area contributed by atoms with Crippen LogP contribution in [0.3, 0.4) is 0 Å². The second-order valence-electron chi connectivity index (χ2n) is 4.54. The predicted molar refractivity (Wildman–Crippen MR) is 61.2 cm³/mol. The number of carbonyl (C=O) groups excluding carboxylic acids is 1. The molecule has 5 nitrogen and oxygen atoms in total. The van der Waals surface area contributed by atoms with Crippen LogP contribution in [-0.4, -0.2) is 50.3 Å². The number of piperidine rings is 1. The van der Waals surface area contributed by atoms with E-state index >= 15 is 0 Å². The zero-order valence-electron chi connectivity index (χ0n) is 9.79. The summed E-state index contributed by atoms with van der Waals surface area (Å²) in [4.78, 5) is 12.0. The number of rotatable bonds is 2. The van der Waals surface area contributed by atoms with Crippen molar-refractivity contribution in [2.45, 2.75) is 38.0 Å². The van der Waals surface area contributed by atoms with E-state index in [1.54, 1.807) is 0 Å². The Bertz CT molecular complexity index is 241. The number of nitrogens with one attached hydrogen (secondary N) is 3. The molecular formula is C11H21N3O2. The van der Waals surface area contributed by atoms with Crippen LogP contribution in [0.1, 0.15) is 19.8 Å². The molecule has 0 saturated carbocycles. The highest BCUT2D eigenvalue weighted by Crippen LogP contribution is 2.07. The van der Waals surface area contributed by atoms with Crippen LogP contribution in [0, 0.1) is 0 Å². The smallest absolute Gasteiger partial charge is 0.240 e. The Kier molecular flexibility index (Phi) is 4.15. The summed E-state index contributed by atoms with van der Waals surface area (Å²) in [6.45, 7) is 5.38. The average Bonchev–Trinajstić information content (AvgIpc) is 2.31. The van der Waals surface area contributed by atoms with E-state index < -0.39 is 0 Å². The summed E-state index contributed by atoms with van der Waals surface area (Å²) >= 11 is 0. The van der Waals surface area contributed by atoms with Crippen LogP contribution < -0.4 is 16.0 Å². The number of carbonyl (C=O) groups is 1. The quantitative estimate of drug-likeness (QED) is 0.580. The van der Waals surface area contributed by atoms with Gasteiger partial charge in [-0.15, -0.1) is 0 Å². The molecule has 0 unspecified atom stereocenters. The predicted octanol–water partition coefficient (Wildman–Crippen LogP) is -0.768. The standard InChI is InChI=1S/C11H21N3O2/c1-8-10(13-6-7-16-8)11(15)14-9-2-4-12-5-3-9/h8-10,12-13H,2-7H2,1H3,(H,14,15)/t8-,10+/m1/s1. The molecule has 2 fully saturated rings. The summed E-state index contributed by atoms with van der Waals surface area (Å²) in [6, 6.07) is 0.133. The van der Waals surface area contributed by atoms with Crippen LogP contribution in [0.5, 0.6) is 0 Å². The number of ether oxygens (including phenoxy) is 1. The molecule has 0 aromatic rings. The van der Waals surface area contributed by atoms with Gasteiger partial charge in [0.2, 0.25) is 5.91 Å². The summed E-state index contributed by atoms with van der Waals surface area (Å²) in [6.07, 6.45) is 2.01. The van der Waals surface area contributed by atoms with Gasteiger partial charge in [0.05, 0.1) is 12.7 Å². The van der Waals surface area contributed by atoms with E-state index in [1.165, 1.54) is 0 Å². The van der Waals surface area contributed by atoms with Gasteiger partial charge in [-0.25, -0.2) is 0 Å². The van der Waals surface area contributed by atoms with Crippen molar-refractivity contribution < 1.29 is 9.53 Å². The Balaban J connectivity index is 1.81. The first-order chi connectivity index (χ1) is 7.77. The lowest BCUT2D eigenvalue weighted by Crippen LogP contribution is -2.57. The highest BCUT2D eigenvalue weighted by molar-refractivity contribution is 5.82. The first-order valence-electron chi connectivity index (χ1n) is 6.13. The normalized spacial score (nSPS) is 32.3. The van der Waals surface area contributed by atoms with Crippen molar-refractivity contribution in [3.8, 4) is 0 Å². The largest absolute Gasteiger partial charge is 0.375 e. The minimum atomic E-state index is -0.191. The van der Waals surface area contributed by atoms with Gasteiger partial charge in [0.1, 0.15) is 6.04 Å². The molecule has 0 spiro atoms. The summed E-state index contributed by atoms with van der Waals surface area (Å²) in [5, 5.41) is 9.59. The van der Waals surface area contributed by atoms with Crippen molar-refractivity contribution in [2.24, 2.45) is 0 Å². The average molecular weight is 227 g/mol. The number of amides is 1. The van der Waals surface area contributed by atoms with Gasteiger partial charge in [-0.1, -0.05) is 0 Å². The van der Waals surface area contributed by atoms with Crippen LogP contribution in [0.2, 0.25) is 0 Å². The highest BCUT2D eigenvalue weighted by Gasteiger charge is 2.29. The van der Waals surface area contributed by atoms with Crippen molar-refractivity contribution >= 4 is 5.91 Å². The van der Waals surface area contributed by atoms with Gasteiger partial charge in [-0.3, -0.25) is 4.79 Å². The van der Waals surface area contributed by atoms with E-state index in [-0.39, 0.29) is 18.1 Å². The van der Waals surface area contributed by atoms with Crippen molar-refractivity contribution in [3.63, 3.8) is 0 Å². The van der Waals surface area contributed by atoms with E-state index in [4.69, 9.17) is 4.74 Å². The summed E-state index contributed by atoms with van der Waals surface area (Å²) < 4.78 is 5.47.